The normalized spacial score (nSPS) is 14.4. The van der Waals surface area contributed by atoms with Crippen LogP contribution in [0.3, 0.4) is 0 Å². The van der Waals surface area contributed by atoms with Crippen molar-refractivity contribution in [3.63, 3.8) is 0 Å². The van der Waals surface area contributed by atoms with Gasteiger partial charge in [-0.1, -0.05) is 0 Å². The molecule has 0 aliphatic rings. The van der Waals surface area contributed by atoms with Crippen molar-refractivity contribution in [2.45, 2.75) is 18.8 Å². The molecule has 2 atom stereocenters. The third-order valence-corrected chi connectivity index (χ3v) is 6.17. The van der Waals surface area contributed by atoms with Crippen LogP contribution in [-0.2, 0) is 0 Å². The molecule has 0 aliphatic carbocycles. The van der Waals surface area contributed by atoms with Crippen LogP contribution in [0.4, 0.5) is 4.39 Å². The molecule has 27 heavy (non-hydrogen) atoms. The van der Waals surface area contributed by atoms with Gasteiger partial charge in [0.1, 0.15) is 0 Å². The Morgan fingerprint density at radius 2 is 1.44 bits per heavy atom. The summed E-state index contributed by atoms with van der Waals surface area (Å²) < 4.78 is 20.2. The van der Waals surface area contributed by atoms with Crippen molar-refractivity contribution >= 4 is 19.5 Å². The van der Waals surface area contributed by atoms with Crippen molar-refractivity contribution in [3.8, 4) is 5.75 Å². The van der Waals surface area contributed by atoms with Gasteiger partial charge in [-0.3, -0.25) is 0 Å². The number of hydrogen-bond acceptors (Lipinski definition) is 3. The second-order valence-corrected chi connectivity index (χ2v) is 8.81. The number of rotatable bonds is 6. The molecule has 0 saturated heterocycles. The molecule has 6 heteroatoms. The Hall–Kier alpha value is -1.97. The van der Waals surface area contributed by atoms with Gasteiger partial charge in [0.25, 0.3) is 0 Å². The summed E-state index contributed by atoms with van der Waals surface area (Å²) in [5.74, 6) is -1.92. The first-order valence-corrected chi connectivity index (χ1v) is 10.8. The maximum atomic E-state index is 14.7. The summed E-state index contributed by atoms with van der Waals surface area (Å²) in [5.41, 5.74) is 1.84. The summed E-state index contributed by atoms with van der Waals surface area (Å²) in [6.45, 7) is 1.95. The molecule has 142 valence electrons. The minimum absolute atomic E-state index is 0.125. The fraction of sp³-hybridized carbons (Fsp3) is 0.143. The minimum atomic E-state index is -4.69. The van der Waals surface area contributed by atoms with Crippen LogP contribution in [-0.4, -0.2) is 9.79 Å². The molecular formula is C21H21ClFO3P. The van der Waals surface area contributed by atoms with Crippen molar-refractivity contribution in [2.75, 3.05) is 0 Å². The molecule has 0 fully saturated rings. The molecular weight excluding hydrogens is 386 g/mol. The third-order valence-electron chi connectivity index (χ3n) is 4.42. The van der Waals surface area contributed by atoms with Crippen LogP contribution < -0.4 is 4.52 Å². The average Bonchev–Trinajstić information content (AvgIpc) is 2.69. The van der Waals surface area contributed by atoms with E-state index in [-0.39, 0.29) is 17.2 Å². The molecule has 3 rings (SSSR count). The van der Waals surface area contributed by atoms with Crippen LogP contribution in [0.15, 0.2) is 78.9 Å². The molecule has 0 aromatic heterocycles. The second-order valence-electron chi connectivity index (χ2n) is 6.35. The van der Waals surface area contributed by atoms with Crippen LogP contribution in [0.5, 0.6) is 5.75 Å². The van der Waals surface area contributed by atoms with E-state index in [4.69, 9.17) is 16.1 Å². The number of halogens is 2. The molecule has 0 spiro atoms. The van der Waals surface area contributed by atoms with E-state index in [0.717, 1.165) is 5.56 Å². The maximum absolute atomic E-state index is 14.7. The quantitative estimate of drug-likeness (QED) is 0.492. The van der Waals surface area contributed by atoms with Gasteiger partial charge in [0, 0.05) is 0 Å². The van der Waals surface area contributed by atoms with Crippen LogP contribution in [0.25, 0.3) is 0 Å². The van der Waals surface area contributed by atoms with E-state index in [1.165, 1.54) is 12.1 Å². The molecule has 0 bridgehead atoms. The van der Waals surface area contributed by atoms with E-state index in [1.54, 1.807) is 36.4 Å². The predicted octanol–water partition coefficient (Wildman–Crippen LogP) is 6.02. The van der Waals surface area contributed by atoms with Gasteiger partial charge in [0.2, 0.25) is 0 Å². The zero-order valence-electron chi connectivity index (χ0n) is 14.7. The molecule has 0 saturated carbocycles. The fourth-order valence-corrected chi connectivity index (χ4v) is 4.34. The number of hydrogen-bond donors (Lipinski definition) is 2. The molecule has 2 unspecified atom stereocenters. The zero-order valence-corrected chi connectivity index (χ0v) is 16.5. The Morgan fingerprint density at radius 3 is 2.04 bits per heavy atom. The van der Waals surface area contributed by atoms with Crippen LogP contribution in [0.1, 0.15) is 35.4 Å². The van der Waals surface area contributed by atoms with E-state index in [9.17, 15) is 14.2 Å². The molecule has 3 aromatic carbocycles. The fourth-order valence-electron chi connectivity index (χ4n) is 2.92. The van der Waals surface area contributed by atoms with Gasteiger partial charge in [-0.05, 0) is 0 Å². The standard InChI is InChI=1S/C21H21ClFO3P/c1-15(16-8-4-2-5-9-16)19-14-18(22)12-13-20(19)26-27(24,25)21(23)17-10-6-3-7-11-17/h2-15,21,24-25,27H,1H3. The van der Waals surface area contributed by atoms with Gasteiger partial charge in [-0.25, -0.2) is 0 Å². The molecule has 0 radical (unpaired) electrons. The molecule has 0 heterocycles. The second kappa shape index (κ2) is 8.37. The summed E-state index contributed by atoms with van der Waals surface area (Å²) in [4.78, 5) is 20.8. The van der Waals surface area contributed by atoms with Crippen LogP contribution >= 0.6 is 19.5 Å². The topological polar surface area (TPSA) is 49.7 Å². The van der Waals surface area contributed by atoms with Crippen molar-refractivity contribution in [1.82, 2.24) is 0 Å². The summed E-state index contributed by atoms with van der Waals surface area (Å²) in [7, 11) is -4.69. The number of benzene rings is 3. The summed E-state index contributed by atoms with van der Waals surface area (Å²) >= 11 is 6.13. The van der Waals surface area contributed by atoms with Gasteiger partial charge >= 0.3 is 163 Å². The molecule has 3 aromatic rings. The molecule has 0 amide bonds. The Bertz CT molecular complexity index is 890. The van der Waals surface area contributed by atoms with E-state index in [1.807, 2.05) is 37.3 Å². The SMILES string of the molecule is CC(c1ccccc1)c1cc(Cl)ccc1O[PH](O)(O)C(F)c1ccccc1. The van der Waals surface area contributed by atoms with E-state index in [2.05, 4.69) is 0 Å². The monoisotopic (exact) mass is 406 g/mol. The predicted molar refractivity (Wildman–Crippen MR) is 109 cm³/mol. The van der Waals surface area contributed by atoms with Gasteiger partial charge in [-0.2, -0.15) is 0 Å². The number of alkyl halides is 1. The molecule has 2 N–H and O–H groups in total. The summed E-state index contributed by atoms with van der Waals surface area (Å²) in [6.07, 6.45) is 0. The first-order chi connectivity index (χ1) is 12.9. The Balaban J connectivity index is 1.93. The average molecular weight is 407 g/mol. The third kappa shape index (κ3) is 4.66. The molecule has 0 aliphatic heterocycles. The van der Waals surface area contributed by atoms with Crippen molar-refractivity contribution in [1.29, 1.82) is 0 Å². The summed E-state index contributed by atoms with van der Waals surface area (Å²) in [5, 5.41) is 0.489. The Morgan fingerprint density at radius 1 is 0.889 bits per heavy atom. The van der Waals surface area contributed by atoms with Crippen LogP contribution in [0, 0.1) is 0 Å². The Labute approximate surface area is 163 Å². The van der Waals surface area contributed by atoms with Crippen molar-refractivity contribution < 1.29 is 18.7 Å². The van der Waals surface area contributed by atoms with E-state index < -0.39 is 13.9 Å². The first-order valence-electron chi connectivity index (χ1n) is 8.55. The van der Waals surface area contributed by atoms with Crippen molar-refractivity contribution in [2.24, 2.45) is 0 Å². The Kier molecular flexibility index (Phi) is 6.13. The van der Waals surface area contributed by atoms with Crippen molar-refractivity contribution in [3.05, 3.63) is 101 Å². The van der Waals surface area contributed by atoms with Crippen LogP contribution in [0.2, 0.25) is 5.02 Å². The van der Waals surface area contributed by atoms with E-state index in [0.29, 0.717) is 10.6 Å². The summed E-state index contributed by atoms with van der Waals surface area (Å²) in [6, 6.07) is 22.5. The van der Waals surface area contributed by atoms with Gasteiger partial charge in [-0.15, -0.1) is 0 Å². The first kappa shape index (κ1) is 19.8. The zero-order chi connectivity index (χ0) is 19.4. The van der Waals surface area contributed by atoms with Gasteiger partial charge in [0.15, 0.2) is 0 Å². The van der Waals surface area contributed by atoms with E-state index >= 15 is 0 Å². The molecule has 3 nitrogen and oxygen atoms in total. The van der Waals surface area contributed by atoms with Gasteiger partial charge in [0.05, 0.1) is 0 Å². The van der Waals surface area contributed by atoms with Gasteiger partial charge < -0.3 is 0 Å².